The molecule has 2 aliphatic carbocycles. The lowest BCUT2D eigenvalue weighted by molar-refractivity contribution is -0.467. The molecule has 0 radical (unpaired) electrons. The number of fused-ring (bicyclic) bond motifs is 4. The van der Waals surface area contributed by atoms with Gasteiger partial charge in [0.1, 0.15) is 0 Å². The van der Waals surface area contributed by atoms with Crippen molar-refractivity contribution in [3.05, 3.63) is 0 Å². The zero-order chi connectivity index (χ0) is 24.4. The third kappa shape index (κ3) is 5.06. The van der Waals surface area contributed by atoms with Crippen molar-refractivity contribution >= 4 is 8.32 Å². The number of epoxide rings is 1. The fourth-order valence-electron chi connectivity index (χ4n) is 6.54. The minimum atomic E-state index is -1.80. The van der Waals surface area contributed by atoms with Crippen molar-refractivity contribution in [2.45, 2.75) is 128 Å². The monoisotopic (exact) mass is 494 g/mol. The molecule has 0 spiro atoms. The van der Waals surface area contributed by atoms with Crippen molar-refractivity contribution in [1.82, 2.24) is 0 Å². The fourth-order valence-corrected chi connectivity index (χ4v) is 7.92. The smallest absolute Gasteiger partial charge is 0.282 e. The number of hydrogen-bond donors (Lipinski definition) is 0. The first kappa shape index (κ1) is 25.7. The molecule has 196 valence electrons. The van der Waals surface area contributed by atoms with Gasteiger partial charge in [-0.2, -0.15) is 0 Å². The van der Waals surface area contributed by atoms with Crippen LogP contribution in [0.4, 0.5) is 0 Å². The summed E-state index contributed by atoms with van der Waals surface area (Å²) in [7, 11) is -1.80. The van der Waals surface area contributed by atoms with E-state index in [9.17, 15) is 0 Å². The molecule has 4 aliphatic heterocycles. The second kappa shape index (κ2) is 9.09. The molecule has 2 saturated carbocycles. The highest BCUT2D eigenvalue weighted by atomic mass is 28.4. The van der Waals surface area contributed by atoms with Crippen molar-refractivity contribution in [3.8, 4) is 0 Å². The van der Waals surface area contributed by atoms with Crippen molar-refractivity contribution in [2.75, 3.05) is 19.8 Å². The predicted molar refractivity (Wildman–Crippen MR) is 136 cm³/mol. The van der Waals surface area contributed by atoms with Crippen LogP contribution in [0.3, 0.4) is 0 Å². The normalized spacial score (nSPS) is 44.2. The summed E-state index contributed by atoms with van der Waals surface area (Å²) >= 11 is 0. The second-order valence-electron chi connectivity index (χ2n) is 14.1. The van der Waals surface area contributed by atoms with Gasteiger partial charge in [0.05, 0.1) is 38.1 Å². The number of unbranched alkanes of at least 4 members (excludes halogenated alkanes) is 2. The molecule has 4 heterocycles. The Morgan fingerprint density at radius 3 is 2.24 bits per heavy atom. The van der Waals surface area contributed by atoms with Gasteiger partial charge in [-0.1, -0.05) is 53.9 Å². The van der Waals surface area contributed by atoms with Gasteiger partial charge in [-0.25, -0.2) is 0 Å². The lowest BCUT2D eigenvalue weighted by Crippen LogP contribution is -2.58. The highest BCUT2D eigenvalue weighted by Gasteiger charge is 2.61. The Labute approximate surface area is 209 Å². The van der Waals surface area contributed by atoms with Crippen molar-refractivity contribution in [2.24, 2.45) is 29.1 Å². The molecule has 0 aromatic rings. The highest BCUT2D eigenvalue weighted by Crippen LogP contribution is 2.57. The number of hydrogen-bond acceptors (Lipinski definition) is 5. The van der Waals surface area contributed by atoms with Crippen LogP contribution < -0.4 is 0 Å². The van der Waals surface area contributed by atoms with Crippen LogP contribution in [0.25, 0.3) is 0 Å². The summed E-state index contributed by atoms with van der Waals surface area (Å²) in [6, 6.07) is 0. The molecule has 5 nitrogen and oxygen atoms in total. The molecule has 34 heavy (non-hydrogen) atoms. The predicted octanol–water partition coefficient (Wildman–Crippen LogP) is 6.51. The van der Waals surface area contributed by atoms with E-state index in [2.05, 4.69) is 47.7 Å². The standard InChI is InChI=1S/C28H50O5Si/c1-8-19-14-21(19)24(33-34(6,7)26(2,3)4)22-15-23-25(32-23)20(22)12-10-9-11-13-28-29-16-27(5,17-30-28)18-31-28/h19-25H,8-18H2,1-7H3/t19-,20-,21?,22-,23?,24+,25+,27?,28?/m0/s1. The Kier molecular flexibility index (Phi) is 6.86. The maximum Gasteiger partial charge on any atom is 0.282 e. The maximum absolute atomic E-state index is 7.22. The molecule has 0 amide bonds. The summed E-state index contributed by atoms with van der Waals surface area (Å²) in [5, 5.41) is 0.261. The van der Waals surface area contributed by atoms with Gasteiger partial charge in [0.15, 0.2) is 8.32 Å². The first-order valence-corrected chi connectivity index (χ1v) is 17.1. The summed E-state index contributed by atoms with van der Waals surface area (Å²) in [4.78, 5) is 0. The Morgan fingerprint density at radius 1 is 0.971 bits per heavy atom. The van der Waals surface area contributed by atoms with E-state index in [1.807, 2.05) is 0 Å². The van der Waals surface area contributed by atoms with Crippen LogP contribution in [-0.2, 0) is 23.4 Å². The summed E-state index contributed by atoms with van der Waals surface area (Å²) < 4.78 is 31.2. The first-order chi connectivity index (χ1) is 16.0. The second-order valence-corrected chi connectivity index (χ2v) is 18.8. The van der Waals surface area contributed by atoms with Crippen molar-refractivity contribution < 1.29 is 23.4 Å². The molecule has 6 aliphatic rings. The molecule has 7 atom stereocenters. The van der Waals surface area contributed by atoms with Crippen LogP contribution in [0.15, 0.2) is 0 Å². The molecule has 4 saturated heterocycles. The van der Waals surface area contributed by atoms with Crippen molar-refractivity contribution in [3.63, 3.8) is 0 Å². The molecule has 2 unspecified atom stereocenters. The van der Waals surface area contributed by atoms with E-state index in [0.717, 1.165) is 44.5 Å². The minimum Gasteiger partial charge on any atom is -0.413 e. The molecular weight excluding hydrogens is 444 g/mol. The number of rotatable bonds is 11. The third-order valence-electron chi connectivity index (χ3n) is 10.1. The van der Waals surface area contributed by atoms with Gasteiger partial charge >= 0.3 is 0 Å². The molecule has 0 N–H and O–H groups in total. The van der Waals surface area contributed by atoms with E-state index in [0.29, 0.717) is 30.1 Å². The van der Waals surface area contributed by atoms with Gasteiger partial charge < -0.3 is 23.4 Å². The SMILES string of the molecule is CC[C@H]1CC1[C@@H](O[Si](C)(C)C(C)(C)C)[C@H]1CC2O[C@@H]2[C@H]1CCCCCC12OCC(C)(CO1)CO2. The third-order valence-corrected chi connectivity index (χ3v) is 14.6. The van der Waals surface area contributed by atoms with Crippen molar-refractivity contribution in [1.29, 1.82) is 0 Å². The van der Waals surface area contributed by atoms with Gasteiger partial charge in [-0.05, 0) is 67.5 Å². The molecule has 2 bridgehead atoms. The van der Waals surface area contributed by atoms with Gasteiger partial charge in [0.25, 0.3) is 5.97 Å². The Hall–Kier alpha value is 0.0169. The largest absolute Gasteiger partial charge is 0.413 e. The zero-order valence-electron chi connectivity index (χ0n) is 22.9. The molecular formula is C28H50O5Si. The van der Waals surface area contributed by atoms with Crippen LogP contribution in [0.2, 0.25) is 18.1 Å². The molecule has 6 heteroatoms. The molecule has 6 rings (SSSR count). The maximum atomic E-state index is 7.22. The van der Waals surface area contributed by atoms with Crippen LogP contribution in [0, 0.1) is 29.1 Å². The van der Waals surface area contributed by atoms with E-state index in [1.54, 1.807) is 0 Å². The molecule has 0 aromatic heterocycles. The quantitative estimate of drug-likeness (QED) is 0.186. The van der Waals surface area contributed by atoms with Gasteiger partial charge in [-0.3, -0.25) is 0 Å². The lowest BCUT2D eigenvalue weighted by Gasteiger charge is -2.50. The van der Waals surface area contributed by atoms with E-state index >= 15 is 0 Å². The summed E-state index contributed by atoms with van der Waals surface area (Å²) in [6.07, 6.45) is 11.0. The lowest BCUT2D eigenvalue weighted by atomic mass is 9.83. The fraction of sp³-hybridized carbons (Fsp3) is 1.00. The van der Waals surface area contributed by atoms with E-state index in [-0.39, 0.29) is 10.5 Å². The van der Waals surface area contributed by atoms with Crippen LogP contribution in [0.5, 0.6) is 0 Å². The first-order valence-electron chi connectivity index (χ1n) is 14.2. The van der Waals surface area contributed by atoms with E-state index in [4.69, 9.17) is 23.4 Å². The van der Waals surface area contributed by atoms with E-state index in [1.165, 1.54) is 38.5 Å². The topological polar surface area (TPSA) is 49.5 Å². The van der Waals surface area contributed by atoms with E-state index < -0.39 is 14.3 Å². The average molecular weight is 495 g/mol. The van der Waals surface area contributed by atoms with Gasteiger partial charge in [0, 0.05) is 11.8 Å². The van der Waals surface area contributed by atoms with Crippen LogP contribution in [-0.4, -0.2) is 52.4 Å². The van der Waals surface area contributed by atoms with Crippen LogP contribution in [0.1, 0.15) is 86.0 Å². The Bertz CT molecular complexity index is 708. The molecule has 0 aromatic carbocycles. The summed E-state index contributed by atoms with van der Waals surface area (Å²) in [5.41, 5.74) is 0.0431. The van der Waals surface area contributed by atoms with Gasteiger partial charge in [-0.15, -0.1) is 0 Å². The minimum absolute atomic E-state index is 0.0431. The van der Waals surface area contributed by atoms with Gasteiger partial charge in [0.2, 0.25) is 0 Å². The summed E-state index contributed by atoms with van der Waals surface area (Å²) in [6.45, 7) is 18.8. The Balaban J connectivity index is 1.15. The van der Waals surface area contributed by atoms with Crippen LogP contribution >= 0.6 is 0 Å². The highest BCUT2D eigenvalue weighted by molar-refractivity contribution is 6.74. The Morgan fingerprint density at radius 2 is 1.65 bits per heavy atom. The average Bonchev–Trinajstić information content (AvgIpc) is 3.69. The number of ether oxygens (including phenoxy) is 4. The molecule has 6 fully saturated rings. The summed E-state index contributed by atoms with van der Waals surface area (Å²) in [5.74, 6) is 2.24. The zero-order valence-corrected chi connectivity index (χ0v) is 23.9.